The first-order valence-electron chi connectivity index (χ1n) is 9.27. The molecule has 1 saturated heterocycles. The van der Waals surface area contributed by atoms with E-state index < -0.39 is 0 Å². The molecule has 1 aliphatic carbocycles. The van der Waals surface area contributed by atoms with Gasteiger partial charge in [-0.3, -0.25) is 4.79 Å². The summed E-state index contributed by atoms with van der Waals surface area (Å²) >= 11 is 0. The zero-order chi connectivity index (χ0) is 17.2. The minimum absolute atomic E-state index is 0.0343. The first-order valence-corrected chi connectivity index (χ1v) is 9.27. The summed E-state index contributed by atoms with van der Waals surface area (Å²) < 4.78 is 0. The Balaban J connectivity index is 1.38. The number of carbonyl (C=O) groups excluding carboxylic acids is 1. The number of rotatable bonds is 5. The summed E-state index contributed by atoms with van der Waals surface area (Å²) in [5.74, 6) is 2.33. The molecule has 5 heteroatoms. The summed E-state index contributed by atoms with van der Waals surface area (Å²) in [6, 6.07) is 4.13. The van der Waals surface area contributed by atoms with Crippen LogP contribution < -0.4 is 10.2 Å². The molecule has 2 heterocycles. The van der Waals surface area contributed by atoms with Crippen LogP contribution in [-0.2, 0) is 10.2 Å². The SMILES string of the molecule is CC(C)(C)c1ccc(N2CC(CNC(=O)CC3CCCC3)C2)nn1. The van der Waals surface area contributed by atoms with Crippen molar-refractivity contribution in [3.8, 4) is 0 Å². The van der Waals surface area contributed by atoms with Crippen LogP contribution in [-0.4, -0.2) is 35.7 Å². The van der Waals surface area contributed by atoms with E-state index in [0.717, 1.165) is 37.6 Å². The molecule has 0 spiro atoms. The van der Waals surface area contributed by atoms with E-state index in [2.05, 4.69) is 53.3 Å². The summed E-state index contributed by atoms with van der Waals surface area (Å²) in [7, 11) is 0. The van der Waals surface area contributed by atoms with Gasteiger partial charge in [0.1, 0.15) is 0 Å². The first kappa shape index (κ1) is 17.2. The van der Waals surface area contributed by atoms with Crippen molar-refractivity contribution in [2.24, 2.45) is 11.8 Å². The van der Waals surface area contributed by atoms with Crippen LogP contribution in [0.4, 0.5) is 5.82 Å². The quantitative estimate of drug-likeness (QED) is 0.902. The van der Waals surface area contributed by atoms with E-state index in [0.29, 0.717) is 11.8 Å². The van der Waals surface area contributed by atoms with Crippen LogP contribution >= 0.6 is 0 Å². The monoisotopic (exact) mass is 330 g/mol. The first-order chi connectivity index (χ1) is 11.4. The van der Waals surface area contributed by atoms with Crippen LogP contribution in [0.15, 0.2) is 12.1 Å². The van der Waals surface area contributed by atoms with Crippen LogP contribution in [0, 0.1) is 11.8 Å². The largest absolute Gasteiger partial charge is 0.356 e. The number of hydrogen-bond donors (Lipinski definition) is 1. The average molecular weight is 330 g/mol. The summed E-state index contributed by atoms with van der Waals surface area (Å²) in [4.78, 5) is 14.2. The summed E-state index contributed by atoms with van der Waals surface area (Å²) in [6.07, 6.45) is 5.77. The van der Waals surface area contributed by atoms with Crippen molar-refractivity contribution in [2.45, 2.75) is 58.3 Å². The van der Waals surface area contributed by atoms with E-state index in [-0.39, 0.29) is 11.3 Å². The molecule has 2 fully saturated rings. The molecule has 0 aromatic carbocycles. The number of anilines is 1. The molecule has 0 atom stereocenters. The van der Waals surface area contributed by atoms with Gasteiger partial charge in [0.2, 0.25) is 5.91 Å². The molecular formula is C19H30N4O. The van der Waals surface area contributed by atoms with Crippen molar-refractivity contribution in [2.75, 3.05) is 24.5 Å². The van der Waals surface area contributed by atoms with E-state index in [1.807, 2.05) is 0 Å². The van der Waals surface area contributed by atoms with Crippen molar-refractivity contribution in [3.05, 3.63) is 17.8 Å². The van der Waals surface area contributed by atoms with E-state index in [1.165, 1.54) is 25.7 Å². The van der Waals surface area contributed by atoms with Gasteiger partial charge in [0.05, 0.1) is 5.69 Å². The Morgan fingerprint density at radius 2 is 1.88 bits per heavy atom. The van der Waals surface area contributed by atoms with Crippen molar-refractivity contribution in [1.29, 1.82) is 0 Å². The molecule has 1 amide bonds. The molecule has 0 radical (unpaired) electrons. The molecule has 1 aromatic heterocycles. The standard InChI is InChI=1S/C19H30N4O/c1-19(2,3)16-8-9-17(22-21-16)23-12-15(13-23)11-20-18(24)10-14-6-4-5-7-14/h8-9,14-15H,4-7,10-13H2,1-3H3,(H,20,24). The van der Waals surface area contributed by atoms with Crippen LogP contribution in [0.1, 0.15) is 58.6 Å². The predicted molar refractivity (Wildman–Crippen MR) is 96.0 cm³/mol. The number of amides is 1. The zero-order valence-corrected chi connectivity index (χ0v) is 15.2. The molecule has 1 saturated carbocycles. The van der Waals surface area contributed by atoms with Gasteiger partial charge in [0.25, 0.3) is 0 Å². The predicted octanol–water partition coefficient (Wildman–Crippen LogP) is 2.91. The second-order valence-electron chi connectivity index (χ2n) is 8.46. The highest BCUT2D eigenvalue weighted by atomic mass is 16.1. The Hall–Kier alpha value is -1.65. The second-order valence-corrected chi connectivity index (χ2v) is 8.46. The van der Waals surface area contributed by atoms with Crippen molar-refractivity contribution in [3.63, 3.8) is 0 Å². The lowest BCUT2D eigenvalue weighted by Gasteiger charge is -2.40. The lowest BCUT2D eigenvalue weighted by molar-refractivity contribution is -0.122. The Morgan fingerprint density at radius 1 is 1.17 bits per heavy atom. The highest BCUT2D eigenvalue weighted by Crippen LogP contribution is 2.28. The number of nitrogens with zero attached hydrogens (tertiary/aromatic N) is 3. The lowest BCUT2D eigenvalue weighted by atomic mass is 9.92. The Kier molecular flexibility index (Phi) is 5.07. The number of hydrogen-bond acceptors (Lipinski definition) is 4. The average Bonchev–Trinajstić information content (AvgIpc) is 2.98. The second kappa shape index (κ2) is 7.08. The molecule has 1 aliphatic heterocycles. The fourth-order valence-electron chi connectivity index (χ4n) is 3.59. The fraction of sp³-hybridized carbons (Fsp3) is 0.737. The van der Waals surface area contributed by atoms with Gasteiger partial charge in [0, 0.05) is 37.4 Å². The molecule has 1 aromatic rings. The lowest BCUT2D eigenvalue weighted by Crippen LogP contribution is -2.52. The normalized spacial score (nSPS) is 19.4. The van der Waals surface area contributed by atoms with E-state index >= 15 is 0 Å². The zero-order valence-electron chi connectivity index (χ0n) is 15.2. The van der Waals surface area contributed by atoms with Crippen molar-refractivity contribution >= 4 is 11.7 Å². The molecule has 0 unspecified atom stereocenters. The molecule has 2 aliphatic rings. The molecule has 24 heavy (non-hydrogen) atoms. The number of carbonyl (C=O) groups is 1. The van der Waals surface area contributed by atoms with Crippen LogP contribution in [0.3, 0.4) is 0 Å². The molecule has 0 bridgehead atoms. The number of aromatic nitrogens is 2. The molecule has 5 nitrogen and oxygen atoms in total. The highest BCUT2D eigenvalue weighted by Gasteiger charge is 2.29. The van der Waals surface area contributed by atoms with Gasteiger partial charge >= 0.3 is 0 Å². The Bertz CT molecular complexity index is 552. The van der Waals surface area contributed by atoms with Gasteiger partial charge in [-0.15, -0.1) is 5.10 Å². The van der Waals surface area contributed by atoms with Gasteiger partial charge < -0.3 is 10.2 Å². The Morgan fingerprint density at radius 3 is 2.46 bits per heavy atom. The smallest absolute Gasteiger partial charge is 0.220 e. The Labute approximate surface area is 145 Å². The van der Waals surface area contributed by atoms with Crippen molar-refractivity contribution in [1.82, 2.24) is 15.5 Å². The van der Waals surface area contributed by atoms with Crippen LogP contribution in [0.2, 0.25) is 0 Å². The summed E-state index contributed by atoms with van der Waals surface area (Å²) in [5.41, 5.74) is 1.05. The molecule has 132 valence electrons. The van der Waals surface area contributed by atoms with E-state index in [4.69, 9.17) is 0 Å². The molecular weight excluding hydrogens is 300 g/mol. The van der Waals surface area contributed by atoms with Crippen LogP contribution in [0.5, 0.6) is 0 Å². The van der Waals surface area contributed by atoms with E-state index in [9.17, 15) is 4.79 Å². The van der Waals surface area contributed by atoms with Gasteiger partial charge in [0.15, 0.2) is 5.82 Å². The van der Waals surface area contributed by atoms with E-state index in [1.54, 1.807) is 0 Å². The van der Waals surface area contributed by atoms with Gasteiger partial charge in [-0.2, -0.15) is 5.10 Å². The van der Waals surface area contributed by atoms with Crippen molar-refractivity contribution < 1.29 is 4.79 Å². The minimum atomic E-state index is 0.0343. The third kappa shape index (κ3) is 4.25. The third-order valence-corrected chi connectivity index (χ3v) is 5.24. The van der Waals surface area contributed by atoms with Gasteiger partial charge in [-0.05, 0) is 30.9 Å². The highest BCUT2D eigenvalue weighted by molar-refractivity contribution is 5.76. The summed E-state index contributed by atoms with van der Waals surface area (Å²) in [5, 5.41) is 11.8. The van der Waals surface area contributed by atoms with Crippen LogP contribution in [0.25, 0.3) is 0 Å². The summed E-state index contributed by atoms with van der Waals surface area (Å²) in [6.45, 7) is 9.12. The maximum atomic E-state index is 12.0. The maximum absolute atomic E-state index is 12.0. The molecule has 1 N–H and O–H groups in total. The minimum Gasteiger partial charge on any atom is -0.356 e. The topological polar surface area (TPSA) is 58.1 Å². The molecule has 3 rings (SSSR count). The number of nitrogens with one attached hydrogen (secondary N) is 1. The fourth-order valence-corrected chi connectivity index (χ4v) is 3.59. The maximum Gasteiger partial charge on any atom is 0.220 e. The van der Waals surface area contributed by atoms with Gasteiger partial charge in [-0.1, -0.05) is 33.6 Å². The van der Waals surface area contributed by atoms with Gasteiger partial charge in [-0.25, -0.2) is 0 Å². The third-order valence-electron chi connectivity index (χ3n) is 5.24.